The molecule has 130 valence electrons. The second-order valence-electron chi connectivity index (χ2n) is 7.72. The highest BCUT2D eigenvalue weighted by Crippen LogP contribution is 2.48. The van der Waals surface area contributed by atoms with Crippen LogP contribution >= 0.6 is 0 Å². The number of rotatable bonds is 1. The molecular formula is C25H19NO. The first kappa shape index (κ1) is 16.0. The molecule has 0 aromatic heterocycles. The Labute approximate surface area is 159 Å². The summed E-state index contributed by atoms with van der Waals surface area (Å²) in [6.07, 6.45) is 12.3. The van der Waals surface area contributed by atoms with Gasteiger partial charge in [-0.15, -0.1) is 0 Å². The van der Waals surface area contributed by atoms with Crippen LogP contribution in [0.5, 0.6) is 0 Å². The van der Waals surface area contributed by atoms with Gasteiger partial charge in [0.2, 0.25) is 0 Å². The maximum Gasteiger partial charge on any atom is 0.173 e. The molecule has 0 radical (unpaired) electrons. The molecule has 0 heterocycles. The van der Waals surface area contributed by atoms with Gasteiger partial charge in [-0.2, -0.15) is 5.26 Å². The number of carbonyl (C=O) groups excluding carboxylic acids is 1. The van der Waals surface area contributed by atoms with Crippen LogP contribution in [0.2, 0.25) is 0 Å². The molecule has 0 saturated carbocycles. The van der Waals surface area contributed by atoms with E-state index in [1.165, 1.54) is 11.1 Å². The maximum absolute atomic E-state index is 13.4. The molecule has 2 nitrogen and oxygen atoms in total. The zero-order valence-corrected chi connectivity index (χ0v) is 15.0. The van der Waals surface area contributed by atoms with E-state index in [4.69, 9.17) is 5.26 Å². The highest BCUT2D eigenvalue weighted by molar-refractivity contribution is 6.07. The van der Waals surface area contributed by atoms with Crippen molar-refractivity contribution in [1.82, 2.24) is 0 Å². The van der Waals surface area contributed by atoms with E-state index >= 15 is 0 Å². The summed E-state index contributed by atoms with van der Waals surface area (Å²) in [5.74, 6) is 0.261. The number of Topliss-reactive ketones (excluding diaryl/α,β-unsaturated/α-hetero) is 1. The topological polar surface area (TPSA) is 40.9 Å². The fourth-order valence-electron chi connectivity index (χ4n) is 4.67. The minimum atomic E-state index is -0.368. The minimum Gasteiger partial charge on any atom is -0.293 e. The highest BCUT2D eigenvalue weighted by Gasteiger charge is 2.45. The Morgan fingerprint density at radius 2 is 1.93 bits per heavy atom. The van der Waals surface area contributed by atoms with Crippen LogP contribution in [0.4, 0.5) is 0 Å². The Morgan fingerprint density at radius 3 is 2.81 bits per heavy atom. The van der Waals surface area contributed by atoms with Crippen molar-refractivity contribution in [2.75, 3.05) is 0 Å². The summed E-state index contributed by atoms with van der Waals surface area (Å²) in [4.78, 5) is 13.4. The van der Waals surface area contributed by atoms with Crippen molar-refractivity contribution < 1.29 is 4.79 Å². The largest absolute Gasteiger partial charge is 0.293 e. The van der Waals surface area contributed by atoms with E-state index in [1.54, 1.807) is 6.07 Å². The predicted molar refractivity (Wildman–Crippen MR) is 106 cm³/mol. The van der Waals surface area contributed by atoms with Gasteiger partial charge in [-0.05, 0) is 71.7 Å². The van der Waals surface area contributed by atoms with Crippen molar-refractivity contribution in [3.05, 3.63) is 94.6 Å². The zero-order chi connectivity index (χ0) is 18.4. The van der Waals surface area contributed by atoms with Gasteiger partial charge in [0.15, 0.2) is 5.78 Å². The van der Waals surface area contributed by atoms with Crippen molar-refractivity contribution in [3.8, 4) is 17.2 Å². The van der Waals surface area contributed by atoms with Gasteiger partial charge in [-0.25, -0.2) is 0 Å². The number of fused-ring (bicyclic) bond motifs is 2. The van der Waals surface area contributed by atoms with Crippen LogP contribution in [-0.2, 0) is 6.42 Å². The third kappa shape index (κ3) is 2.51. The SMILES string of the molecule is N#Cc1cccc(-c2ccc3c(c2)C(=O)C2(C=C4CC=CC=C4CC2)C3)c1. The molecule has 0 fully saturated rings. The molecule has 27 heavy (non-hydrogen) atoms. The molecule has 3 aliphatic rings. The summed E-state index contributed by atoms with van der Waals surface area (Å²) in [6.45, 7) is 0. The van der Waals surface area contributed by atoms with Gasteiger partial charge >= 0.3 is 0 Å². The average molecular weight is 349 g/mol. The molecule has 2 aromatic rings. The van der Waals surface area contributed by atoms with Crippen molar-refractivity contribution in [1.29, 1.82) is 5.26 Å². The summed E-state index contributed by atoms with van der Waals surface area (Å²) in [6, 6.07) is 15.9. The number of nitriles is 1. The zero-order valence-electron chi connectivity index (χ0n) is 15.0. The summed E-state index contributed by atoms with van der Waals surface area (Å²) >= 11 is 0. The Morgan fingerprint density at radius 1 is 1.04 bits per heavy atom. The molecule has 0 saturated heterocycles. The van der Waals surface area contributed by atoms with E-state index in [2.05, 4.69) is 42.5 Å². The summed E-state index contributed by atoms with van der Waals surface area (Å²) < 4.78 is 0. The van der Waals surface area contributed by atoms with E-state index in [9.17, 15) is 4.79 Å². The van der Waals surface area contributed by atoms with E-state index < -0.39 is 0 Å². The normalized spacial score (nSPS) is 22.7. The van der Waals surface area contributed by atoms with Crippen LogP contribution in [0.15, 0.2) is 77.9 Å². The van der Waals surface area contributed by atoms with Gasteiger partial charge in [0, 0.05) is 5.56 Å². The van der Waals surface area contributed by atoms with Gasteiger partial charge < -0.3 is 0 Å². The lowest BCUT2D eigenvalue weighted by Crippen LogP contribution is -2.29. The van der Waals surface area contributed by atoms with Gasteiger partial charge in [0.25, 0.3) is 0 Å². The van der Waals surface area contributed by atoms with E-state index in [1.807, 2.05) is 24.3 Å². The number of benzene rings is 2. The maximum atomic E-state index is 13.4. The summed E-state index contributed by atoms with van der Waals surface area (Å²) in [5.41, 5.74) is 6.97. The Balaban J connectivity index is 1.54. The Kier molecular flexibility index (Phi) is 3.52. The third-order valence-corrected chi connectivity index (χ3v) is 6.11. The summed E-state index contributed by atoms with van der Waals surface area (Å²) in [5, 5.41) is 9.15. The van der Waals surface area contributed by atoms with Crippen molar-refractivity contribution in [3.63, 3.8) is 0 Å². The monoisotopic (exact) mass is 349 g/mol. The highest BCUT2D eigenvalue weighted by atomic mass is 16.1. The minimum absolute atomic E-state index is 0.261. The molecule has 0 amide bonds. The predicted octanol–water partition coefficient (Wildman–Crippen LogP) is 5.56. The lowest BCUT2D eigenvalue weighted by molar-refractivity contribution is 0.0861. The standard InChI is InChI=1S/C25H19NO/c26-16-17-4-3-7-19(12-17)20-8-9-22-15-25(24(27)23(22)13-20)11-10-18-5-1-2-6-21(18)14-25/h1-5,7-9,12-14H,6,10-11,15H2. The fraction of sp³-hybridized carbons (Fsp3) is 0.200. The third-order valence-electron chi connectivity index (χ3n) is 6.11. The van der Waals surface area contributed by atoms with Gasteiger partial charge in [-0.3, -0.25) is 4.79 Å². The van der Waals surface area contributed by atoms with Crippen molar-refractivity contribution in [2.45, 2.75) is 25.7 Å². The van der Waals surface area contributed by atoms with Crippen LogP contribution in [-0.4, -0.2) is 5.78 Å². The van der Waals surface area contributed by atoms with Crippen LogP contribution in [0.25, 0.3) is 11.1 Å². The molecule has 1 atom stereocenters. The molecule has 1 unspecified atom stereocenters. The van der Waals surface area contributed by atoms with Gasteiger partial charge in [-0.1, -0.05) is 48.6 Å². The lowest BCUT2D eigenvalue weighted by Gasteiger charge is -2.32. The fourth-order valence-corrected chi connectivity index (χ4v) is 4.67. The molecule has 0 aliphatic heterocycles. The lowest BCUT2D eigenvalue weighted by atomic mass is 9.70. The second kappa shape index (κ2) is 5.93. The second-order valence-corrected chi connectivity index (χ2v) is 7.72. The quantitative estimate of drug-likeness (QED) is 0.676. The van der Waals surface area contributed by atoms with Crippen molar-refractivity contribution >= 4 is 5.78 Å². The van der Waals surface area contributed by atoms with Crippen molar-refractivity contribution in [2.24, 2.45) is 5.41 Å². The number of hydrogen-bond donors (Lipinski definition) is 0. The van der Waals surface area contributed by atoms with Gasteiger partial charge in [0.05, 0.1) is 17.0 Å². The molecule has 2 heteroatoms. The van der Waals surface area contributed by atoms with E-state index in [-0.39, 0.29) is 11.2 Å². The smallest absolute Gasteiger partial charge is 0.173 e. The Hall–Kier alpha value is -3.18. The number of nitrogens with zero attached hydrogens (tertiary/aromatic N) is 1. The molecular weight excluding hydrogens is 330 g/mol. The van der Waals surface area contributed by atoms with E-state index in [0.717, 1.165) is 47.9 Å². The van der Waals surface area contributed by atoms with Crippen LogP contribution in [0.1, 0.15) is 40.7 Å². The Bertz CT molecular complexity index is 1110. The molecule has 5 rings (SSSR count). The average Bonchev–Trinajstić information content (AvgIpc) is 2.99. The van der Waals surface area contributed by atoms with Crippen LogP contribution < -0.4 is 0 Å². The number of carbonyl (C=O) groups is 1. The van der Waals surface area contributed by atoms with Crippen LogP contribution in [0.3, 0.4) is 0 Å². The molecule has 0 bridgehead atoms. The first-order valence-electron chi connectivity index (χ1n) is 9.45. The molecule has 2 aromatic carbocycles. The first-order valence-corrected chi connectivity index (χ1v) is 9.45. The number of ketones is 1. The van der Waals surface area contributed by atoms with Crippen LogP contribution in [0, 0.1) is 16.7 Å². The van der Waals surface area contributed by atoms with E-state index in [0.29, 0.717) is 5.56 Å². The number of allylic oxidation sites excluding steroid dienone is 6. The molecule has 1 spiro atoms. The summed E-state index contributed by atoms with van der Waals surface area (Å²) in [7, 11) is 0. The first-order chi connectivity index (χ1) is 13.2. The molecule has 0 N–H and O–H groups in total. The number of hydrogen-bond acceptors (Lipinski definition) is 2. The van der Waals surface area contributed by atoms with Gasteiger partial charge in [0.1, 0.15) is 0 Å². The molecule has 3 aliphatic carbocycles.